The van der Waals surface area contributed by atoms with Gasteiger partial charge in [-0.3, -0.25) is 0 Å². The van der Waals surface area contributed by atoms with Crippen LogP contribution in [-0.4, -0.2) is 11.5 Å². The van der Waals surface area contributed by atoms with E-state index in [4.69, 9.17) is 4.98 Å². The Kier molecular flexibility index (Phi) is 3.61. The van der Waals surface area contributed by atoms with Crippen LogP contribution in [0.15, 0.2) is 48.5 Å². The van der Waals surface area contributed by atoms with Gasteiger partial charge in [-0.1, -0.05) is 42.0 Å². The van der Waals surface area contributed by atoms with Gasteiger partial charge in [-0.05, 0) is 38.5 Å². The number of fused-ring (bicyclic) bond motifs is 1. The van der Waals surface area contributed by atoms with Crippen LogP contribution in [0.4, 0.5) is 5.69 Å². The summed E-state index contributed by atoms with van der Waals surface area (Å²) in [5, 5.41) is 4.72. The van der Waals surface area contributed by atoms with E-state index in [0.717, 1.165) is 23.3 Å². The van der Waals surface area contributed by atoms with Gasteiger partial charge in [0.05, 0.1) is 11.2 Å². The molecule has 2 aromatic carbocycles. The van der Waals surface area contributed by atoms with E-state index in [9.17, 15) is 0 Å². The predicted molar refractivity (Wildman–Crippen MR) is 90.8 cm³/mol. The van der Waals surface area contributed by atoms with Crippen molar-refractivity contribution in [1.82, 2.24) is 4.98 Å². The molecular weight excluding hydrogens is 256 g/mol. The number of pyridine rings is 1. The fourth-order valence-electron chi connectivity index (χ4n) is 2.75. The first kappa shape index (κ1) is 13.6. The van der Waals surface area contributed by atoms with E-state index < -0.39 is 0 Å². The quantitative estimate of drug-likeness (QED) is 0.732. The Morgan fingerprint density at radius 2 is 1.76 bits per heavy atom. The molecule has 0 aliphatic heterocycles. The van der Waals surface area contributed by atoms with Crippen molar-refractivity contribution in [2.45, 2.75) is 20.8 Å². The molecule has 0 bridgehead atoms. The predicted octanol–water partition coefficient (Wildman–Crippen LogP) is 4.95. The van der Waals surface area contributed by atoms with Crippen molar-refractivity contribution in [3.8, 4) is 11.3 Å². The van der Waals surface area contributed by atoms with Crippen molar-refractivity contribution >= 4 is 16.6 Å². The minimum absolute atomic E-state index is 0.905. The maximum absolute atomic E-state index is 4.89. The van der Waals surface area contributed by atoms with Crippen molar-refractivity contribution < 1.29 is 0 Å². The third kappa shape index (κ3) is 2.49. The summed E-state index contributed by atoms with van der Waals surface area (Å²) in [6.07, 6.45) is 0. The van der Waals surface area contributed by atoms with Gasteiger partial charge in [-0.25, -0.2) is 4.98 Å². The SMILES string of the molecule is CCNc1c(C)c(-c2ccccc2)nc2ccc(C)cc12. The minimum Gasteiger partial charge on any atom is -0.384 e. The molecule has 0 unspecified atom stereocenters. The van der Waals surface area contributed by atoms with E-state index in [1.54, 1.807) is 0 Å². The third-order valence-corrected chi connectivity index (χ3v) is 3.78. The Hall–Kier alpha value is -2.35. The van der Waals surface area contributed by atoms with E-state index in [-0.39, 0.29) is 0 Å². The summed E-state index contributed by atoms with van der Waals surface area (Å²) in [5.74, 6) is 0. The molecule has 0 atom stereocenters. The van der Waals surface area contributed by atoms with Crippen LogP contribution >= 0.6 is 0 Å². The van der Waals surface area contributed by atoms with Crippen LogP contribution in [0.2, 0.25) is 0 Å². The fourth-order valence-corrected chi connectivity index (χ4v) is 2.75. The van der Waals surface area contributed by atoms with Gasteiger partial charge in [0.1, 0.15) is 0 Å². The largest absolute Gasteiger partial charge is 0.384 e. The number of nitrogens with one attached hydrogen (secondary N) is 1. The molecule has 21 heavy (non-hydrogen) atoms. The zero-order valence-corrected chi connectivity index (χ0v) is 12.8. The second-order valence-electron chi connectivity index (χ2n) is 5.38. The zero-order chi connectivity index (χ0) is 14.8. The third-order valence-electron chi connectivity index (χ3n) is 3.78. The molecule has 2 nitrogen and oxygen atoms in total. The van der Waals surface area contributed by atoms with E-state index in [1.807, 2.05) is 6.07 Å². The Morgan fingerprint density at radius 1 is 1.00 bits per heavy atom. The Bertz CT molecular complexity index is 776. The molecule has 0 aliphatic rings. The molecule has 106 valence electrons. The number of anilines is 1. The van der Waals surface area contributed by atoms with Crippen molar-refractivity contribution in [2.24, 2.45) is 0 Å². The van der Waals surface area contributed by atoms with Gasteiger partial charge in [0, 0.05) is 23.2 Å². The summed E-state index contributed by atoms with van der Waals surface area (Å²) in [7, 11) is 0. The van der Waals surface area contributed by atoms with Crippen LogP contribution in [0, 0.1) is 13.8 Å². The molecule has 3 rings (SSSR count). The highest BCUT2D eigenvalue weighted by Crippen LogP contribution is 2.33. The molecule has 0 radical (unpaired) electrons. The summed E-state index contributed by atoms with van der Waals surface area (Å²) in [5.41, 5.74) is 6.93. The fraction of sp³-hybridized carbons (Fsp3) is 0.211. The molecule has 0 fully saturated rings. The molecule has 0 amide bonds. The molecule has 3 aromatic rings. The van der Waals surface area contributed by atoms with Crippen LogP contribution in [0.5, 0.6) is 0 Å². The Balaban J connectivity index is 2.32. The number of benzene rings is 2. The number of aryl methyl sites for hydroxylation is 1. The maximum atomic E-state index is 4.89. The van der Waals surface area contributed by atoms with Crippen molar-refractivity contribution in [1.29, 1.82) is 0 Å². The normalized spacial score (nSPS) is 10.8. The topological polar surface area (TPSA) is 24.9 Å². The smallest absolute Gasteiger partial charge is 0.0759 e. The Morgan fingerprint density at radius 3 is 2.48 bits per heavy atom. The number of nitrogens with zero attached hydrogens (tertiary/aromatic N) is 1. The number of hydrogen-bond donors (Lipinski definition) is 1. The second kappa shape index (κ2) is 5.57. The summed E-state index contributed by atoms with van der Waals surface area (Å²) in [6, 6.07) is 16.8. The lowest BCUT2D eigenvalue weighted by Crippen LogP contribution is -2.03. The molecule has 1 heterocycles. The van der Waals surface area contributed by atoms with Crippen molar-refractivity contribution in [3.63, 3.8) is 0 Å². The lowest BCUT2D eigenvalue weighted by Gasteiger charge is -2.16. The molecule has 0 saturated carbocycles. The molecule has 1 aromatic heterocycles. The molecular formula is C19H20N2. The molecule has 0 spiro atoms. The Labute approximate surface area is 125 Å². The summed E-state index contributed by atoms with van der Waals surface area (Å²) in [4.78, 5) is 4.89. The van der Waals surface area contributed by atoms with Gasteiger partial charge in [0.15, 0.2) is 0 Å². The average molecular weight is 276 g/mol. The van der Waals surface area contributed by atoms with E-state index in [1.165, 1.54) is 22.2 Å². The van der Waals surface area contributed by atoms with Crippen LogP contribution in [-0.2, 0) is 0 Å². The second-order valence-corrected chi connectivity index (χ2v) is 5.38. The molecule has 2 heteroatoms. The van der Waals surface area contributed by atoms with Crippen LogP contribution in [0.3, 0.4) is 0 Å². The van der Waals surface area contributed by atoms with E-state index >= 15 is 0 Å². The van der Waals surface area contributed by atoms with Crippen molar-refractivity contribution in [2.75, 3.05) is 11.9 Å². The summed E-state index contributed by atoms with van der Waals surface area (Å²) >= 11 is 0. The monoisotopic (exact) mass is 276 g/mol. The number of aromatic nitrogens is 1. The van der Waals surface area contributed by atoms with Gasteiger partial charge < -0.3 is 5.32 Å². The molecule has 0 saturated heterocycles. The molecule has 0 aliphatic carbocycles. The zero-order valence-electron chi connectivity index (χ0n) is 12.8. The average Bonchev–Trinajstić information content (AvgIpc) is 2.51. The highest BCUT2D eigenvalue weighted by molar-refractivity contribution is 5.96. The summed E-state index contributed by atoms with van der Waals surface area (Å²) in [6.45, 7) is 7.30. The lowest BCUT2D eigenvalue weighted by molar-refractivity contribution is 1.20. The van der Waals surface area contributed by atoms with E-state index in [0.29, 0.717) is 0 Å². The van der Waals surface area contributed by atoms with Crippen molar-refractivity contribution in [3.05, 3.63) is 59.7 Å². The van der Waals surface area contributed by atoms with Gasteiger partial charge >= 0.3 is 0 Å². The maximum Gasteiger partial charge on any atom is 0.0759 e. The van der Waals surface area contributed by atoms with Gasteiger partial charge in [-0.15, -0.1) is 0 Å². The highest BCUT2D eigenvalue weighted by Gasteiger charge is 2.12. The van der Waals surface area contributed by atoms with Crippen LogP contribution < -0.4 is 5.32 Å². The number of rotatable bonds is 3. The number of hydrogen-bond acceptors (Lipinski definition) is 2. The highest BCUT2D eigenvalue weighted by atomic mass is 14.9. The summed E-state index contributed by atoms with van der Waals surface area (Å²) < 4.78 is 0. The standard InChI is InChI=1S/C19H20N2/c1-4-20-19-14(3)18(15-8-6-5-7-9-15)21-17-11-10-13(2)12-16(17)19/h5-12H,4H2,1-3H3,(H,20,21). The molecule has 1 N–H and O–H groups in total. The first-order chi connectivity index (χ1) is 10.2. The van der Waals surface area contributed by atoms with Gasteiger partial charge in [-0.2, -0.15) is 0 Å². The first-order valence-electron chi connectivity index (χ1n) is 7.41. The van der Waals surface area contributed by atoms with Gasteiger partial charge in [0.25, 0.3) is 0 Å². The minimum atomic E-state index is 0.905. The van der Waals surface area contributed by atoms with Crippen LogP contribution in [0.1, 0.15) is 18.1 Å². The van der Waals surface area contributed by atoms with Gasteiger partial charge in [0.2, 0.25) is 0 Å². The lowest BCUT2D eigenvalue weighted by atomic mass is 10.0. The van der Waals surface area contributed by atoms with E-state index in [2.05, 4.69) is 68.6 Å². The first-order valence-corrected chi connectivity index (χ1v) is 7.41. The van der Waals surface area contributed by atoms with Crippen LogP contribution in [0.25, 0.3) is 22.2 Å².